The van der Waals surface area contributed by atoms with Crippen molar-refractivity contribution in [3.8, 4) is 0 Å². The highest BCUT2D eigenvalue weighted by Crippen LogP contribution is 2.19. The first-order valence-corrected chi connectivity index (χ1v) is 9.26. The zero-order valence-corrected chi connectivity index (χ0v) is 13.9. The number of piperidine rings is 1. The molecular formula is C15H22F3N2O2S+. The molecule has 0 atom stereocenters. The van der Waals surface area contributed by atoms with Crippen molar-refractivity contribution in [1.82, 2.24) is 4.72 Å². The molecule has 1 fully saturated rings. The highest BCUT2D eigenvalue weighted by atomic mass is 32.2. The monoisotopic (exact) mass is 351 g/mol. The Morgan fingerprint density at radius 3 is 2.48 bits per heavy atom. The fourth-order valence-electron chi connectivity index (χ4n) is 2.76. The van der Waals surface area contributed by atoms with E-state index in [2.05, 4.69) is 11.6 Å². The number of sulfonamides is 1. The predicted molar refractivity (Wildman–Crippen MR) is 80.1 cm³/mol. The first kappa shape index (κ1) is 18.2. The largest absolute Gasteiger partial charge is 0.335 e. The summed E-state index contributed by atoms with van der Waals surface area (Å²) >= 11 is 0. The van der Waals surface area contributed by atoms with Gasteiger partial charge in [-0.05, 0) is 30.9 Å². The van der Waals surface area contributed by atoms with E-state index in [0.29, 0.717) is 12.5 Å². The molecule has 0 aromatic heterocycles. The molecule has 0 radical (unpaired) electrons. The van der Waals surface area contributed by atoms with E-state index in [9.17, 15) is 21.6 Å². The van der Waals surface area contributed by atoms with Crippen LogP contribution in [0.4, 0.5) is 13.2 Å². The lowest BCUT2D eigenvalue weighted by atomic mass is 9.99. The first-order valence-electron chi connectivity index (χ1n) is 7.78. The molecule has 23 heavy (non-hydrogen) atoms. The SMILES string of the molecule is CC1CC[NH+](CCCNS(=O)(=O)c2ccc(F)c(F)c2F)CC1. The Bertz CT molecular complexity index is 644. The van der Waals surface area contributed by atoms with Gasteiger partial charge in [-0.3, -0.25) is 0 Å². The summed E-state index contributed by atoms with van der Waals surface area (Å²) in [6.45, 7) is 5.34. The van der Waals surface area contributed by atoms with E-state index in [0.717, 1.165) is 31.6 Å². The molecule has 1 aromatic carbocycles. The third-order valence-electron chi connectivity index (χ3n) is 4.27. The molecule has 0 spiro atoms. The van der Waals surface area contributed by atoms with E-state index in [1.165, 1.54) is 17.7 Å². The fourth-order valence-corrected chi connectivity index (χ4v) is 3.90. The Hall–Kier alpha value is -1.12. The van der Waals surface area contributed by atoms with E-state index < -0.39 is 32.4 Å². The van der Waals surface area contributed by atoms with Gasteiger partial charge in [-0.25, -0.2) is 26.3 Å². The molecule has 130 valence electrons. The van der Waals surface area contributed by atoms with Crippen molar-refractivity contribution in [3.05, 3.63) is 29.6 Å². The van der Waals surface area contributed by atoms with Gasteiger partial charge in [0.1, 0.15) is 4.90 Å². The number of benzene rings is 1. The van der Waals surface area contributed by atoms with Crippen LogP contribution in [-0.2, 0) is 10.0 Å². The lowest BCUT2D eigenvalue weighted by Crippen LogP contribution is -3.13. The molecule has 1 saturated heterocycles. The van der Waals surface area contributed by atoms with Gasteiger partial charge in [-0.1, -0.05) is 6.92 Å². The molecule has 0 aliphatic carbocycles. The zero-order valence-electron chi connectivity index (χ0n) is 13.0. The summed E-state index contributed by atoms with van der Waals surface area (Å²) < 4.78 is 65.7. The number of likely N-dealkylation sites (tertiary alicyclic amines) is 1. The highest BCUT2D eigenvalue weighted by molar-refractivity contribution is 7.89. The summed E-state index contributed by atoms with van der Waals surface area (Å²) in [5, 5.41) is 0. The molecule has 1 aliphatic rings. The van der Waals surface area contributed by atoms with E-state index >= 15 is 0 Å². The smallest absolute Gasteiger partial charge is 0.243 e. The van der Waals surface area contributed by atoms with Gasteiger partial charge in [0.15, 0.2) is 17.5 Å². The van der Waals surface area contributed by atoms with Gasteiger partial charge in [0.05, 0.1) is 19.6 Å². The normalized spacial score (nSPS) is 22.3. The summed E-state index contributed by atoms with van der Waals surface area (Å²) in [6, 6.07) is 1.33. The van der Waals surface area contributed by atoms with Crippen LogP contribution in [0.1, 0.15) is 26.2 Å². The van der Waals surface area contributed by atoms with Crippen molar-refractivity contribution >= 4 is 10.0 Å². The van der Waals surface area contributed by atoms with Crippen LogP contribution in [0.3, 0.4) is 0 Å². The molecule has 1 aliphatic heterocycles. The van der Waals surface area contributed by atoms with Crippen molar-refractivity contribution in [2.75, 3.05) is 26.2 Å². The number of nitrogens with one attached hydrogen (secondary N) is 2. The van der Waals surface area contributed by atoms with Crippen molar-refractivity contribution in [3.63, 3.8) is 0 Å². The maximum atomic E-state index is 13.6. The third kappa shape index (κ3) is 4.68. The van der Waals surface area contributed by atoms with E-state index in [4.69, 9.17) is 0 Å². The van der Waals surface area contributed by atoms with Crippen LogP contribution in [0.2, 0.25) is 0 Å². The first-order chi connectivity index (χ1) is 10.8. The van der Waals surface area contributed by atoms with Crippen LogP contribution in [0.15, 0.2) is 17.0 Å². The molecule has 1 heterocycles. The molecule has 0 bridgehead atoms. The van der Waals surface area contributed by atoms with Crippen LogP contribution >= 0.6 is 0 Å². The van der Waals surface area contributed by atoms with Crippen molar-refractivity contribution < 1.29 is 26.5 Å². The lowest BCUT2D eigenvalue weighted by molar-refractivity contribution is -0.906. The quantitative estimate of drug-likeness (QED) is 0.595. The molecule has 0 amide bonds. The summed E-state index contributed by atoms with van der Waals surface area (Å²) in [5.74, 6) is -4.13. The Labute approximate surface area is 134 Å². The minimum atomic E-state index is -4.18. The van der Waals surface area contributed by atoms with Gasteiger partial charge < -0.3 is 4.90 Å². The zero-order chi connectivity index (χ0) is 17.0. The van der Waals surface area contributed by atoms with Gasteiger partial charge in [-0.15, -0.1) is 0 Å². The van der Waals surface area contributed by atoms with Gasteiger partial charge >= 0.3 is 0 Å². The maximum absolute atomic E-state index is 13.6. The number of rotatable bonds is 6. The molecule has 1 aromatic rings. The van der Waals surface area contributed by atoms with E-state index in [1.807, 2.05) is 0 Å². The molecule has 0 saturated carbocycles. The standard InChI is InChI=1S/C15H21F3N2O2S/c1-11-5-9-20(10-6-11)8-2-7-19-23(21,22)13-4-3-12(16)14(17)15(13)18/h3-4,11,19H,2,5-10H2,1H3/p+1. The highest BCUT2D eigenvalue weighted by Gasteiger charge is 2.24. The molecule has 4 nitrogen and oxygen atoms in total. The van der Waals surface area contributed by atoms with Crippen molar-refractivity contribution in [2.24, 2.45) is 5.92 Å². The minimum Gasteiger partial charge on any atom is -0.335 e. The van der Waals surface area contributed by atoms with Crippen LogP contribution in [0.5, 0.6) is 0 Å². The Morgan fingerprint density at radius 1 is 1.17 bits per heavy atom. The maximum Gasteiger partial charge on any atom is 0.243 e. The van der Waals surface area contributed by atoms with Crippen LogP contribution in [0.25, 0.3) is 0 Å². The van der Waals surface area contributed by atoms with Crippen LogP contribution < -0.4 is 9.62 Å². The van der Waals surface area contributed by atoms with Gasteiger partial charge in [0.2, 0.25) is 10.0 Å². The molecule has 2 N–H and O–H groups in total. The summed E-state index contributed by atoms with van der Waals surface area (Å²) in [4.78, 5) is 0.567. The average molecular weight is 351 g/mol. The predicted octanol–water partition coefficient (Wildman–Crippen LogP) is 1.09. The Morgan fingerprint density at radius 2 is 1.83 bits per heavy atom. The molecular weight excluding hydrogens is 329 g/mol. The topological polar surface area (TPSA) is 50.6 Å². The van der Waals surface area contributed by atoms with Crippen LogP contribution in [-0.4, -0.2) is 34.6 Å². The number of halogens is 3. The summed E-state index contributed by atoms with van der Waals surface area (Å²) in [7, 11) is -4.18. The Kier molecular flexibility index (Phi) is 6.05. The minimum absolute atomic E-state index is 0.139. The van der Waals surface area contributed by atoms with Gasteiger partial charge in [0, 0.05) is 13.0 Å². The number of hydrogen-bond acceptors (Lipinski definition) is 2. The van der Waals surface area contributed by atoms with Gasteiger partial charge in [-0.2, -0.15) is 0 Å². The lowest BCUT2D eigenvalue weighted by Gasteiger charge is -2.27. The van der Waals surface area contributed by atoms with E-state index in [-0.39, 0.29) is 6.54 Å². The second kappa shape index (κ2) is 7.63. The second-order valence-electron chi connectivity index (χ2n) is 6.11. The summed E-state index contributed by atoms with van der Waals surface area (Å²) in [6.07, 6.45) is 2.94. The van der Waals surface area contributed by atoms with Crippen molar-refractivity contribution in [2.45, 2.75) is 31.1 Å². The number of hydrogen-bond donors (Lipinski definition) is 2. The molecule has 2 rings (SSSR count). The third-order valence-corrected chi connectivity index (χ3v) is 5.75. The average Bonchev–Trinajstić information content (AvgIpc) is 2.51. The van der Waals surface area contributed by atoms with Crippen LogP contribution in [0, 0.1) is 23.4 Å². The van der Waals surface area contributed by atoms with Crippen molar-refractivity contribution in [1.29, 1.82) is 0 Å². The molecule has 8 heteroatoms. The fraction of sp³-hybridized carbons (Fsp3) is 0.600. The summed E-state index contributed by atoms with van der Waals surface area (Å²) in [5.41, 5.74) is 0. The number of quaternary nitrogens is 1. The second-order valence-corrected chi connectivity index (χ2v) is 7.84. The molecule has 0 unspecified atom stereocenters. The van der Waals surface area contributed by atoms with E-state index in [1.54, 1.807) is 0 Å². The Balaban J connectivity index is 1.86. The van der Waals surface area contributed by atoms with Gasteiger partial charge in [0.25, 0.3) is 0 Å².